The van der Waals surface area contributed by atoms with Crippen LogP contribution in [0.1, 0.15) is 77.6 Å². The first-order valence-corrected chi connectivity index (χ1v) is 7.89. The first-order valence-electron chi connectivity index (χ1n) is 7.89. The fraction of sp³-hybridized carbons (Fsp3) is 0.684. The van der Waals surface area contributed by atoms with Gasteiger partial charge in [0.25, 0.3) is 0 Å². The quantitative estimate of drug-likeness (QED) is 0.516. The number of hydrogen-bond donors (Lipinski definition) is 1. The Morgan fingerprint density at radius 1 is 0.600 bits per heavy atom. The maximum absolute atomic E-state index is 8.63. The van der Waals surface area contributed by atoms with Crippen LogP contribution in [0.25, 0.3) is 0 Å². The second kappa shape index (κ2) is 17.6. The smallest absolute Gasteiger partial charge is 0.0702 e. The van der Waals surface area contributed by atoms with Gasteiger partial charge in [-0.3, -0.25) is 0 Å². The van der Waals surface area contributed by atoms with Crippen LogP contribution in [0.4, 0.5) is 0 Å². The van der Waals surface area contributed by atoms with E-state index >= 15 is 0 Å². The van der Waals surface area contributed by atoms with Crippen LogP contribution in [0.5, 0.6) is 0 Å². The van der Waals surface area contributed by atoms with Crippen LogP contribution in [-0.2, 0) is 0 Å². The summed E-state index contributed by atoms with van der Waals surface area (Å²) >= 11 is 0. The van der Waals surface area contributed by atoms with E-state index in [1.54, 1.807) is 0 Å². The summed E-state index contributed by atoms with van der Waals surface area (Å²) in [6, 6.07) is 0. The summed E-state index contributed by atoms with van der Waals surface area (Å²) in [6.45, 7) is 2.51. The molecule has 1 nitrogen and oxygen atoms in total. The molecule has 110 valence electrons. The predicted molar refractivity (Wildman–Crippen MR) is 86.9 cm³/mol. The molecule has 0 aliphatic carbocycles. The zero-order chi connectivity index (χ0) is 14.7. The van der Waals surface area contributed by atoms with Gasteiger partial charge >= 0.3 is 0 Å². The lowest BCUT2D eigenvalue weighted by molar-refractivity contribution is 0.282. The van der Waals surface area contributed by atoms with Crippen molar-refractivity contribution < 1.29 is 5.11 Å². The maximum atomic E-state index is 8.63. The summed E-state index contributed by atoms with van der Waals surface area (Å²) < 4.78 is 0. The molecule has 0 saturated heterocycles. The monoisotopic (exact) mass is 272 g/mol. The topological polar surface area (TPSA) is 20.2 Å². The first kappa shape index (κ1) is 18.6. The van der Waals surface area contributed by atoms with Gasteiger partial charge < -0.3 is 5.11 Å². The number of unbranched alkanes of at least 4 members (excludes halogenated alkanes) is 7. The third kappa shape index (κ3) is 16.6. The van der Waals surface area contributed by atoms with Gasteiger partial charge in [0.2, 0.25) is 0 Å². The summed E-state index contributed by atoms with van der Waals surface area (Å²) in [5.41, 5.74) is 0. The van der Waals surface area contributed by atoms with Crippen molar-refractivity contribution in [3.8, 4) is 35.5 Å². The minimum atomic E-state index is 0.308. The lowest BCUT2D eigenvalue weighted by Crippen LogP contribution is -1.82. The molecular formula is C19H28O. The highest BCUT2D eigenvalue weighted by atomic mass is 16.2. The molecule has 0 rings (SSSR count). The van der Waals surface area contributed by atoms with Gasteiger partial charge in [0, 0.05) is 19.4 Å². The molecule has 0 atom stereocenters. The van der Waals surface area contributed by atoms with Gasteiger partial charge in [-0.25, -0.2) is 0 Å². The highest BCUT2D eigenvalue weighted by molar-refractivity contribution is 5.16. The third-order valence-electron chi connectivity index (χ3n) is 2.84. The number of aliphatic hydroxyl groups excluding tert-OH is 1. The summed E-state index contributed by atoms with van der Waals surface area (Å²) in [4.78, 5) is 0. The minimum absolute atomic E-state index is 0.308. The van der Waals surface area contributed by atoms with Crippen molar-refractivity contribution in [1.82, 2.24) is 0 Å². The molecule has 0 saturated carbocycles. The van der Waals surface area contributed by atoms with E-state index in [-0.39, 0.29) is 0 Å². The molecule has 1 N–H and O–H groups in total. The van der Waals surface area contributed by atoms with Crippen molar-refractivity contribution in [2.24, 2.45) is 0 Å². The van der Waals surface area contributed by atoms with Crippen LogP contribution >= 0.6 is 0 Å². The number of aliphatic hydroxyl groups is 1. The summed E-state index contributed by atoms with van der Waals surface area (Å²) in [7, 11) is 0. The van der Waals surface area contributed by atoms with Crippen molar-refractivity contribution >= 4 is 0 Å². The van der Waals surface area contributed by atoms with E-state index in [1.165, 1.54) is 19.3 Å². The van der Waals surface area contributed by atoms with Crippen LogP contribution in [-0.4, -0.2) is 11.7 Å². The van der Waals surface area contributed by atoms with Gasteiger partial charge in [-0.1, -0.05) is 56.3 Å². The molecule has 0 spiro atoms. The largest absolute Gasteiger partial charge is 0.396 e. The molecule has 1 heteroatoms. The minimum Gasteiger partial charge on any atom is -0.396 e. The molecule has 0 heterocycles. The van der Waals surface area contributed by atoms with Crippen LogP contribution in [0.2, 0.25) is 0 Å². The van der Waals surface area contributed by atoms with E-state index in [0.717, 1.165) is 38.5 Å². The van der Waals surface area contributed by atoms with Crippen molar-refractivity contribution in [2.75, 3.05) is 6.61 Å². The SMILES string of the molecule is CCCCCC#CCC#CCC#CCCCCCCO. The van der Waals surface area contributed by atoms with Gasteiger partial charge in [0.15, 0.2) is 0 Å². The van der Waals surface area contributed by atoms with Gasteiger partial charge in [0.1, 0.15) is 0 Å². The molecule has 0 aliphatic rings. The van der Waals surface area contributed by atoms with Crippen LogP contribution < -0.4 is 0 Å². The second-order valence-electron chi connectivity index (χ2n) is 4.76. The van der Waals surface area contributed by atoms with Crippen molar-refractivity contribution in [2.45, 2.75) is 77.6 Å². The molecule has 0 unspecified atom stereocenters. The first-order chi connectivity index (χ1) is 9.91. The molecule has 20 heavy (non-hydrogen) atoms. The average molecular weight is 272 g/mol. The van der Waals surface area contributed by atoms with Gasteiger partial charge in [-0.15, -0.1) is 11.8 Å². The molecule has 0 fully saturated rings. The van der Waals surface area contributed by atoms with E-state index in [9.17, 15) is 0 Å². The van der Waals surface area contributed by atoms with Crippen LogP contribution in [0.15, 0.2) is 0 Å². The molecule has 0 aromatic carbocycles. The Bertz CT molecular complexity index is 375. The third-order valence-corrected chi connectivity index (χ3v) is 2.84. The summed E-state index contributed by atoms with van der Waals surface area (Å²) in [6.07, 6.45) is 11.3. The van der Waals surface area contributed by atoms with E-state index in [4.69, 9.17) is 5.11 Å². The van der Waals surface area contributed by atoms with Crippen molar-refractivity contribution in [3.63, 3.8) is 0 Å². The molecule has 0 aromatic rings. The fourth-order valence-electron chi connectivity index (χ4n) is 1.66. The zero-order valence-electron chi connectivity index (χ0n) is 12.9. The Kier molecular flexibility index (Phi) is 16.4. The standard InChI is InChI=1S/C19H28O/c1-2-3-4-5-6-7-8-9-10-11-12-13-14-15-16-17-18-19-20/h20H,2-5,8,11,14-19H2,1H3. The Labute approximate surface area is 125 Å². The molecule has 0 aliphatic heterocycles. The Morgan fingerprint density at radius 3 is 1.65 bits per heavy atom. The van der Waals surface area contributed by atoms with Crippen molar-refractivity contribution in [3.05, 3.63) is 0 Å². The van der Waals surface area contributed by atoms with E-state index < -0.39 is 0 Å². The van der Waals surface area contributed by atoms with Gasteiger partial charge in [-0.2, -0.15) is 0 Å². The maximum Gasteiger partial charge on any atom is 0.0702 e. The Morgan fingerprint density at radius 2 is 1.10 bits per heavy atom. The lowest BCUT2D eigenvalue weighted by Gasteiger charge is -1.93. The second-order valence-corrected chi connectivity index (χ2v) is 4.76. The summed E-state index contributed by atoms with van der Waals surface area (Å²) in [5, 5.41) is 8.63. The molecule has 0 aromatic heterocycles. The highest BCUT2D eigenvalue weighted by Gasteiger charge is 1.86. The summed E-state index contributed by atoms with van der Waals surface area (Å²) in [5.74, 6) is 18.5. The lowest BCUT2D eigenvalue weighted by atomic mass is 10.1. The normalized spacial score (nSPS) is 8.70. The van der Waals surface area contributed by atoms with Gasteiger partial charge in [0.05, 0.1) is 12.8 Å². The van der Waals surface area contributed by atoms with Crippen LogP contribution in [0, 0.1) is 35.5 Å². The predicted octanol–water partition coefficient (Wildman–Crippen LogP) is 4.30. The zero-order valence-corrected chi connectivity index (χ0v) is 12.9. The Hall–Kier alpha value is -1.36. The molecule has 0 bridgehead atoms. The van der Waals surface area contributed by atoms with E-state index in [2.05, 4.69) is 42.4 Å². The van der Waals surface area contributed by atoms with E-state index in [1.807, 2.05) is 0 Å². The highest BCUT2D eigenvalue weighted by Crippen LogP contribution is 2.01. The molecular weight excluding hydrogens is 244 g/mol. The van der Waals surface area contributed by atoms with Crippen molar-refractivity contribution in [1.29, 1.82) is 0 Å². The Balaban J connectivity index is 3.40. The van der Waals surface area contributed by atoms with Crippen LogP contribution in [0.3, 0.4) is 0 Å². The molecule has 0 amide bonds. The number of hydrogen-bond acceptors (Lipinski definition) is 1. The van der Waals surface area contributed by atoms with E-state index in [0.29, 0.717) is 19.4 Å². The number of rotatable bonds is 8. The van der Waals surface area contributed by atoms with Gasteiger partial charge in [-0.05, 0) is 19.3 Å². The fourth-order valence-corrected chi connectivity index (χ4v) is 1.66. The average Bonchev–Trinajstić information content (AvgIpc) is 2.47. The molecule has 0 radical (unpaired) electrons.